The van der Waals surface area contributed by atoms with Gasteiger partial charge in [0.05, 0.1) is 5.92 Å². The number of rotatable bonds is 4. The van der Waals surface area contributed by atoms with E-state index in [1.807, 2.05) is 30.3 Å². The fourth-order valence-corrected chi connectivity index (χ4v) is 2.72. The van der Waals surface area contributed by atoms with Crippen LogP contribution in [-0.2, 0) is 19.2 Å². The summed E-state index contributed by atoms with van der Waals surface area (Å²) in [5.74, 6) is -1.85. The van der Waals surface area contributed by atoms with Gasteiger partial charge in [-0.25, -0.2) is 0 Å². The molecule has 2 aliphatic heterocycles. The van der Waals surface area contributed by atoms with Crippen LogP contribution < -0.4 is 0 Å². The van der Waals surface area contributed by atoms with E-state index in [4.69, 9.17) is 0 Å². The lowest BCUT2D eigenvalue weighted by Gasteiger charge is -2.19. The molecule has 22 heavy (non-hydrogen) atoms. The van der Waals surface area contributed by atoms with Crippen molar-refractivity contribution in [3.63, 3.8) is 0 Å². The number of nitrogens with zero attached hydrogens (tertiary/aromatic N) is 2. The second kappa shape index (κ2) is 5.55. The molecule has 0 N–H and O–H groups in total. The van der Waals surface area contributed by atoms with E-state index >= 15 is 0 Å². The molecular formula is C16H14N2O4. The van der Waals surface area contributed by atoms with Crippen LogP contribution in [0.5, 0.6) is 0 Å². The van der Waals surface area contributed by atoms with Crippen LogP contribution in [-0.4, -0.2) is 46.5 Å². The molecule has 0 spiro atoms. The monoisotopic (exact) mass is 298 g/mol. The quantitative estimate of drug-likeness (QED) is 0.757. The summed E-state index contributed by atoms with van der Waals surface area (Å²) in [6.45, 7) is 0.0732. The summed E-state index contributed by atoms with van der Waals surface area (Å²) in [6.07, 6.45) is 2.49. The van der Waals surface area contributed by atoms with Crippen LogP contribution in [0.3, 0.4) is 0 Å². The number of hydrogen-bond acceptors (Lipinski definition) is 4. The average Bonchev–Trinajstić information content (AvgIpc) is 2.99. The van der Waals surface area contributed by atoms with E-state index in [1.165, 1.54) is 12.2 Å². The smallest absolute Gasteiger partial charge is 0.253 e. The molecule has 1 fully saturated rings. The lowest BCUT2D eigenvalue weighted by molar-refractivity contribution is -0.143. The molecule has 112 valence electrons. The molecule has 1 atom stereocenters. The number of hydrogen-bond donors (Lipinski definition) is 0. The van der Waals surface area contributed by atoms with Crippen LogP contribution in [0.15, 0.2) is 42.5 Å². The third-order valence-corrected chi connectivity index (χ3v) is 3.89. The van der Waals surface area contributed by atoms with Gasteiger partial charge in [-0.05, 0) is 5.56 Å². The fourth-order valence-electron chi connectivity index (χ4n) is 2.72. The predicted molar refractivity (Wildman–Crippen MR) is 76.4 cm³/mol. The van der Waals surface area contributed by atoms with Crippen molar-refractivity contribution in [2.24, 2.45) is 0 Å². The highest BCUT2D eigenvalue weighted by atomic mass is 16.2. The minimum Gasteiger partial charge on any atom is -0.280 e. The van der Waals surface area contributed by atoms with Gasteiger partial charge in [-0.2, -0.15) is 0 Å². The summed E-state index contributed by atoms with van der Waals surface area (Å²) in [6, 6.07) is 9.12. The minimum atomic E-state index is -0.475. The summed E-state index contributed by atoms with van der Waals surface area (Å²) in [5.41, 5.74) is 0.804. The lowest BCUT2D eigenvalue weighted by Crippen LogP contribution is -2.40. The summed E-state index contributed by atoms with van der Waals surface area (Å²) in [7, 11) is 0. The van der Waals surface area contributed by atoms with E-state index in [0.29, 0.717) is 0 Å². The molecule has 4 amide bonds. The zero-order valence-corrected chi connectivity index (χ0v) is 11.8. The maximum absolute atomic E-state index is 12.4. The molecule has 3 rings (SSSR count). The lowest BCUT2D eigenvalue weighted by atomic mass is 9.98. The molecule has 2 heterocycles. The van der Waals surface area contributed by atoms with Gasteiger partial charge in [0, 0.05) is 31.7 Å². The summed E-state index contributed by atoms with van der Waals surface area (Å²) in [4.78, 5) is 49.5. The van der Waals surface area contributed by atoms with Crippen LogP contribution in [0.2, 0.25) is 0 Å². The molecular weight excluding hydrogens is 284 g/mol. The molecule has 6 nitrogen and oxygen atoms in total. The van der Waals surface area contributed by atoms with Gasteiger partial charge in [-0.15, -0.1) is 0 Å². The van der Waals surface area contributed by atoms with Crippen molar-refractivity contribution in [3.05, 3.63) is 48.0 Å². The van der Waals surface area contributed by atoms with Crippen molar-refractivity contribution in [1.82, 2.24) is 9.80 Å². The number of likely N-dealkylation sites (tertiary alicyclic amines) is 1. The van der Waals surface area contributed by atoms with Gasteiger partial charge in [-0.3, -0.25) is 29.0 Å². The first-order valence-corrected chi connectivity index (χ1v) is 7.00. The van der Waals surface area contributed by atoms with Crippen molar-refractivity contribution in [2.45, 2.75) is 12.3 Å². The summed E-state index contributed by atoms with van der Waals surface area (Å²) < 4.78 is 0. The van der Waals surface area contributed by atoms with Gasteiger partial charge in [0.2, 0.25) is 11.8 Å². The Labute approximate surface area is 127 Å². The number of imide groups is 2. The number of benzene rings is 1. The van der Waals surface area contributed by atoms with E-state index in [0.717, 1.165) is 15.4 Å². The van der Waals surface area contributed by atoms with E-state index in [2.05, 4.69) is 0 Å². The Balaban J connectivity index is 1.68. The molecule has 0 radical (unpaired) electrons. The Morgan fingerprint density at radius 1 is 0.864 bits per heavy atom. The molecule has 0 aliphatic carbocycles. The number of amides is 4. The first kappa shape index (κ1) is 14.2. The van der Waals surface area contributed by atoms with Crippen molar-refractivity contribution in [3.8, 4) is 0 Å². The first-order valence-electron chi connectivity index (χ1n) is 7.00. The van der Waals surface area contributed by atoms with Crippen molar-refractivity contribution in [2.75, 3.05) is 13.1 Å². The van der Waals surface area contributed by atoms with Crippen molar-refractivity contribution >= 4 is 23.6 Å². The second-order valence-electron chi connectivity index (χ2n) is 5.21. The topological polar surface area (TPSA) is 74.8 Å². The van der Waals surface area contributed by atoms with Gasteiger partial charge < -0.3 is 0 Å². The molecule has 1 unspecified atom stereocenters. The number of carbonyl (C=O) groups excluding carboxylic acids is 4. The molecule has 1 aromatic rings. The van der Waals surface area contributed by atoms with Gasteiger partial charge in [0.1, 0.15) is 0 Å². The highest BCUT2D eigenvalue weighted by Crippen LogP contribution is 2.29. The highest BCUT2D eigenvalue weighted by molar-refractivity contribution is 6.13. The summed E-state index contributed by atoms with van der Waals surface area (Å²) >= 11 is 0. The third-order valence-electron chi connectivity index (χ3n) is 3.89. The molecule has 6 heteroatoms. The molecule has 1 aromatic carbocycles. The second-order valence-corrected chi connectivity index (χ2v) is 5.21. The van der Waals surface area contributed by atoms with E-state index in [9.17, 15) is 19.2 Å². The molecule has 1 saturated heterocycles. The molecule has 0 saturated carbocycles. The Kier molecular flexibility index (Phi) is 3.58. The predicted octanol–water partition coefficient (Wildman–Crippen LogP) is 0.454. The van der Waals surface area contributed by atoms with Gasteiger partial charge in [-0.1, -0.05) is 30.3 Å². The Morgan fingerprint density at radius 2 is 1.45 bits per heavy atom. The Hall–Kier alpha value is -2.76. The van der Waals surface area contributed by atoms with Crippen LogP contribution in [0, 0.1) is 0 Å². The normalized spacial score (nSPS) is 21.4. The minimum absolute atomic E-state index is 0.0314. The summed E-state index contributed by atoms with van der Waals surface area (Å²) in [5, 5.41) is 0. The standard InChI is InChI=1S/C16H14N2O4/c19-13-6-7-14(20)17(13)8-9-18-15(21)10-12(16(18)22)11-4-2-1-3-5-11/h1-7,12H,8-10H2. The van der Waals surface area contributed by atoms with Crippen LogP contribution >= 0.6 is 0 Å². The Morgan fingerprint density at radius 3 is 2.09 bits per heavy atom. The zero-order valence-electron chi connectivity index (χ0n) is 11.8. The third kappa shape index (κ3) is 2.43. The largest absolute Gasteiger partial charge is 0.280 e. The van der Waals surface area contributed by atoms with Gasteiger partial charge in [0.25, 0.3) is 11.8 Å². The van der Waals surface area contributed by atoms with Crippen LogP contribution in [0.4, 0.5) is 0 Å². The van der Waals surface area contributed by atoms with E-state index < -0.39 is 17.7 Å². The van der Waals surface area contributed by atoms with E-state index in [-0.39, 0.29) is 31.3 Å². The van der Waals surface area contributed by atoms with Gasteiger partial charge >= 0.3 is 0 Å². The SMILES string of the molecule is O=C1C=CC(=O)N1CCN1C(=O)CC(c2ccccc2)C1=O. The molecule has 0 aromatic heterocycles. The van der Waals surface area contributed by atoms with Crippen LogP contribution in [0.25, 0.3) is 0 Å². The van der Waals surface area contributed by atoms with E-state index in [1.54, 1.807) is 0 Å². The maximum Gasteiger partial charge on any atom is 0.253 e. The number of carbonyl (C=O) groups is 4. The molecule has 0 bridgehead atoms. The van der Waals surface area contributed by atoms with Crippen molar-refractivity contribution in [1.29, 1.82) is 0 Å². The van der Waals surface area contributed by atoms with Crippen molar-refractivity contribution < 1.29 is 19.2 Å². The van der Waals surface area contributed by atoms with Gasteiger partial charge in [0.15, 0.2) is 0 Å². The van der Waals surface area contributed by atoms with Crippen LogP contribution in [0.1, 0.15) is 17.9 Å². The zero-order chi connectivity index (χ0) is 15.7. The first-order chi connectivity index (χ1) is 10.6. The molecule has 2 aliphatic rings. The Bertz CT molecular complexity index is 663. The average molecular weight is 298 g/mol. The fraction of sp³-hybridized carbons (Fsp3) is 0.250. The maximum atomic E-state index is 12.4. The highest BCUT2D eigenvalue weighted by Gasteiger charge is 2.39.